The molecule has 0 unspecified atom stereocenters. The predicted octanol–water partition coefficient (Wildman–Crippen LogP) is 0.414. The Labute approximate surface area is 807 Å². The lowest BCUT2D eigenvalue weighted by Gasteiger charge is -2.33. The molecule has 766 valence electrons. The van der Waals surface area contributed by atoms with Gasteiger partial charge in [-0.3, -0.25) is 96.3 Å². The molecule has 6 aromatic rings. The number of anilines is 2. The minimum Gasteiger partial charge on any atom is -0.481 e. The van der Waals surface area contributed by atoms with E-state index in [0.717, 1.165) is 22.1 Å². The van der Waals surface area contributed by atoms with Gasteiger partial charge in [-0.2, -0.15) is 0 Å². The van der Waals surface area contributed by atoms with Gasteiger partial charge in [0.05, 0.1) is 127 Å². The van der Waals surface area contributed by atoms with Gasteiger partial charge in [0, 0.05) is 161 Å². The van der Waals surface area contributed by atoms with E-state index in [1.807, 2.05) is 48.5 Å². The molecular formula is C92H129N19O29. The van der Waals surface area contributed by atoms with Crippen LogP contribution in [0.1, 0.15) is 122 Å². The molecule has 48 nitrogen and oxygen atoms in total. The molecule has 0 radical (unpaired) electrons. The summed E-state index contributed by atoms with van der Waals surface area (Å²) in [5.41, 5.74) is 6.14. The molecule has 48 heteroatoms. The largest absolute Gasteiger partial charge is 0.481 e. The molecule has 1 saturated heterocycles. The van der Waals surface area contributed by atoms with E-state index >= 15 is 0 Å². The number of aromatic nitrogens is 4. The molecule has 5 atom stereocenters. The van der Waals surface area contributed by atoms with Crippen LogP contribution in [0.15, 0.2) is 84.9 Å². The van der Waals surface area contributed by atoms with Crippen LogP contribution < -0.4 is 37.2 Å². The van der Waals surface area contributed by atoms with Gasteiger partial charge in [0.2, 0.25) is 41.4 Å². The fraction of sp³-hybridized carbons (Fsp3) is 0.543. The minimum atomic E-state index is -1.78. The summed E-state index contributed by atoms with van der Waals surface area (Å²) in [4.78, 5) is 237. The van der Waals surface area contributed by atoms with Crippen molar-refractivity contribution in [1.82, 2.24) is 85.7 Å². The molecule has 0 saturated carbocycles. The summed E-state index contributed by atoms with van der Waals surface area (Å²) in [5, 5.41) is 86.8. The van der Waals surface area contributed by atoms with Crippen LogP contribution in [0.2, 0.25) is 0 Å². The fourth-order valence-electron chi connectivity index (χ4n) is 15.6. The Kier molecular flexibility index (Phi) is 46.7. The molecule has 5 heterocycles. The smallest absolute Gasteiger partial charge is 0.317 e. The van der Waals surface area contributed by atoms with Crippen LogP contribution in [0.25, 0.3) is 22.1 Å². The van der Waals surface area contributed by atoms with Crippen molar-refractivity contribution < 1.29 is 141 Å². The highest BCUT2D eigenvalue weighted by Gasteiger charge is 2.37. The van der Waals surface area contributed by atoms with E-state index in [0.29, 0.717) is 58.1 Å². The molecule has 9 amide bonds. The number of aliphatic carboxylic acids is 7. The van der Waals surface area contributed by atoms with Gasteiger partial charge in [-0.25, -0.2) is 9.97 Å². The number of carbonyl (C=O) groups excluding carboxylic acids is 9. The van der Waals surface area contributed by atoms with E-state index < -0.39 is 191 Å². The Hall–Kier alpha value is -13.5. The normalized spacial score (nSPS) is 15.8. The molecule has 0 aliphatic carbocycles. The van der Waals surface area contributed by atoms with Crippen molar-refractivity contribution in [2.75, 3.05) is 202 Å². The van der Waals surface area contributed by atoms with Gasteiger partial charge in [0.1, 0.15) is 48.6 Å². The van der Waals surface area contributed by atoms with E-state index in [1.165, 1.54) is 34.3 Å². The van der Waals surface area contributed by atoms with Crippen LogP contribution in [0.3, 0.4) is 0 Å². The summed E-state index contributed by atoms with van der Waals surface area (Å²) in [6, 6.07) is 17.7. The number of nitrogens with one attached hydrogen (secondary N) is 9. The van der Waals surface area contributed by atoms with Gasteiger partial charge in [-0.1, -0.05) is 31.7 Å². The minimum absolute atomic E-state index is 0. The van der Waals surface area contributed by atoms with E-state index in [9.17, 15) is 112 Å². The first-order valence-corrected chi connectivity index (χ1v) is 45.8. The summed E-state index contributed by atoms with van der Waals surface area (Å²) in [6.07, 6.45) is -3.51. The number of carboxylic acids is 7. The third-order valence-electron chi connectivity index (χ3n) is 22.7. The zero-order valence-electron chi connectivity index (χ0n) is 77.8. The standard InChI is InChI=1S/C91H125N19O29.CH4/c1-103(52-74-96-65-10-3-4-11-66(65)97-74)88(130)59-14-16-63-61(46-59)50-109(90(132)72(94-63)48-80(117)118)25-8-36-135-39-42-137-41-38-134-35-7-24-92-85(127)69(101-87(129)71(20-23-79(115)116)102-86(128)70(19-22-78(113)114)100-77(112)54-105-27-29-106(55-82(121)122)31-33-108(57-84(125)126)34-32-107(30-28-105)56-83(123)124)18-21-76(111)93-58-139-45-44-138-43-40-136-37-9-26-110-51-62-47-60(15-17-64(62)95-73(91(110)133)49-81(119)120)89(131)104(2)53-75-98-67-12-5-6-13-68(67)99-75;/h3-6,10-17,46-47,69-73,94-95H,7-9,18-45,48-58H2,1-2H3,(H,92,127)(H,93,111)(H,96,97)(H,98,99)(H,100,112)(H,101,129)(H,102,128)(H,113,114)(H,115,116)(H,117,118)(H,119,120)(H,121,122)(H,123,124)(H,125,126);1H4/t69-,70-,71-,72-,73-;/m0./s1. The maximum Gasteiger partial charge on any atom is 0.317 e. The zero-order valence-corrected chi connectivity index (χ0v) is 77.8. The van der Waals surface area contributed by atoms with Crippen LogP contribution in [-0.2, 0) is 122 Å². The van der Waals surface area contributed by atoms with E-state index in [1.54, 1.807) is 55.4 Å². The summed E-state index contributed by atoms with van der Waals surface area (Å²) in [5.74, 6) is -13.7. The Morgan fingerprint density at radius 1 is 0.414 bits per heavy atom. The van der Waals surface area contributed by atoms with Gasteiger partial charge in [0.15, 0.2) is 0 Å². The highest BCUT2D eigenvalue weighted by molar-refractivity contribution is 5.98. The Morgan fingerprint density at radius 3 is 1.17 bits per heavy atom. The number of carbonyl (C=O) groups is 16. The highest BCUT2D eigenvalue weighted by Crippen LogP contribution is 2.30. The number of imidazole rings is 2. The lowest BCUT2D eigenvalue weighted by atomic mass is 10.1. The first kappa shape index (κ1) is 112. The molecule has 0 bridgehead atoms. The molecule has 2 aromatic heterocycles. The van der Waals surface area contributed by atoms with Crippen LogP contribution in [0.5, 0.6) is 0 Å². The highest BCUT2D eigenvalue weighted by atomic mass is 16.6. The number of H-pyrrole nitrogens is 2. The van der Waals surface area contributed by atoms with E-state index in [2.05, 4.69) is 57.2 Å². The van der Waals surface area contributed by atoms with Crippen molar-refractivity contribution in [3.8, 4) is 0 Å². The second-order valence-electron chi connectivity index (χ2n) is 33.6. The lowest BCUT2D eigenvalue weighted by Crippen LogP contribution is -2.57. The van der Waals surface area contributed by atoms with Crippen LogP contribution in [-0.4, -0.2) is 412 Å². The quantitative estimate of drug-likeness (QED) is 0.0182. The number of fused-ring (bicyclic) bond motifs is 4. The maximum absolute atomic E-state index is 14.4. The first-order valence-electron chi connectivity index (χ1n) is 45.8. The van der Waals surface area contributed by atoms with Crippen molar-refractivity contribution >= 4 is 128 Å². The van der Waals surface area contributed by atoms with Gasteiger partial charge >= 0.3 is 41.8 Å². The number of ether oxygens (including phenoxy) is 6. The van der Waals surface area contributed by atoms with Crippen molar-refractivity contribution in [2.24, 2.45) is 0 Å². The van der Waals surface area contributed by atoms with Crippen LogP contribution >= 0.6 is 0 Å². The molecule has 3 aliphatic heterocycles. The summed E-state index contributed by atoms with van der Waals surface area (Å²) in [7, 11) is 3.30. The van der Waals surface area contributed by atoms with E-state index in [-0.39, 0.29) is 203 Å². The molecule has 3 aliphatic rings. The number of benzene rings is 4. The number of aromatic amines is 2. The van der Waals surface area contributed by atoms with Crippen LogP contribution in [0, 0.1) is 0 Å². The van der Waals surface area contributed by atoms with Crippen molar-refractivity contribution in [2.45, 2.75) is 134 Å². The van der Waals surface area contributed by atoms with Crippen molar-refractivity contribution in [3.05, 3.63) is 119 Å². The fourth-order valence-corrected chi connectivity index (χ4v) is 15.6. The van der Waals surface area contributed by atoms with Crippen molar-refractivity contribution in [3.63, 3.8) is 0 Å². The van der Waals surface area contributed by atoms with Gasteiger partial charge in [-0.15, -0.1) is 0 Å². The molecule has 4 aromatic carbocycles. The number of para-hydroxylation sites is 4. The zero-order chi connectivity index (χ0) is 100. The first-order chi connectivity index (χ1) is 66.7. The van der Waals surface area contributed by atoms with Gasteiger partial charge in [-0.05, 0) is 110 Å². The second-order valence-corrected chi connectivity index (χ2v) is 33.6. The summed E-state index contributed by atoms with van der Waals surface area (Å²) in [6.45, 7) is 0.301. The number of rotatable bonds is 59. The number of carboxylic acid groups (broad SMARTS) is 7. The summed E-state index contributed by atoms with van der Waals surface area (Å²) < 4.78 is 34.2. The number of amides is 9. The topological polar surface area (TPSA) is 638 Å². The van der Waals surface area contributed by atoms with Gasteiger partial charge in [0.25, 0.3) is 11.8 Å². The molecule has 9 rings (SSSR count). The van der Waals surface area contributed by atoms with Gasteiger partial charge < -0.3 is 131 Å². The number of nitrogens with zero attached hydrogens (tertiary/aromatic N) is 10. The third kappa shape index (κ3) is 38.7. The lowest BCUT2D eigenvalue weighted by molar-refractivity contribution is -0.141. The number of hydrogen-bond acceptors (Lipinski definition) is 30. The average Bonchev–Trinajstić information content (AvgIpc) is 1.64. The predicted molar refractivity (Wildman–Crippen MR) is 501 cm³/mol. The Morgan fingerprint density at radius 2 is 0.779 bits per heavy atom. The second kappa shape index (κ2) is 58.4. The molecule has 16 N–H and O–H groups in total. The average molecular weight is 1970 g/mol. The van der Waals surface area contributed by atoms with E-state index in [4.69, 9.17) is 28.4 Å². The Bertz CT molecular complexity index is 5080. The van der Waals surface area contributed by atoms with Crippen molar-refractivity contribution in [1.29, 1.82) is 0 Å². The molecular weight excluding hydrogens is 1840 g/mol. The Balaban J connectivity index is 0.0000240. The van der Waals surface area contributed by atoms with Crippen LogP contribution in [0.4, 0.5) is 11.4 Å². The number of hydrogen-bond donors (Lipinski definition) is 16. The monoisotopic (exact) mass is 1960 g/mol. The molecule has 140 heavy (non-hydrogen) atoms. The molecule has 1 fully saturated rings. The molecule has 0 spiro atoms. The third-order valence-corrected chi connectivity index (χ3v) is 22.7. The SMILES string of the molecule is C.CN(Cc1nc2ccccc2[nH]1)C(=O)c1ccc2c(c1)CN(CCCOCCOCCOCCCNC(=O)[C@H](CCC(=O)NCOCCOCCOCCCN1Cc3cc(C(=O)N(C)Cc4nc5ccccc5[nH]4)ccc3N[C@@H](CC(=O)O)C1=O)NC(=O)[C@H](CCC(=O)O)NC(=O)[C@H](CCC(=O)O)NC(=O)CN1CCN(CC(=O)O)CCN(CC(=O)O)CCN(CC(=O)O)CC1)C(=O)[C@H](CC(=O)O)N2. The maximum atomic E-state index is 14.4. The summed E-state index contributed by atoms with van der Waals surface area (Å²) >= 11 is 0.